The van der Waals surface area contributed by atoms with E-state index in [0.717, 1.165) is 6.07 Å². The molecule has 1 aromatic carbocycles. The fourth-order valence-electron chi connectivity index (χ4n) is 2.23. The van der Waals surface area contributed by atoms with E-state index in [4.69, 9.17) is 9.31 Å². The summed E-state index contributed by atoms with van der Waals surface area (Å²) in [4.78, 5) is 0. The van der Waals surface area contributed by atoms with Crippen LogP contribution in [-0.4, -0.2) is 38.4 Å². The third-order valence-electron chi connectivity index (χ3n) is 3.20. The van der Waals surface area contributed by atoms with Gasteiger partial charge >= 0.3 is 13.3 Å². The van der Waals surface area contributed by atoms with Crippen molar-refractivity contribution in [3.8, 4) is 0 Å². The predicted octanol–water partition coefficient (Wildman–Crippen LogP) is 1.19. The summed E-state index contributed by atoms with van der Waals surface area (Å²) >= 11 is 0. The molecule has 21 heavy (non-hydrogen) atoms. The third kappa shape index (κ3) is 2.77. The zero-order valence-corrected chi connectivity index (χ0v) is 12.0. The molecule has 0 spiro atoms. The van der Waals surface area contributed by atoms with Crippen molar-refractivity contribution >= 4 is 35.8 Å². The van der Waals surface area contributed by atoms with Crippen molar-refractivity contribution in [1.82, 2.24) is 10.3 Å². The molecule has 0 aliphatic carbocycles. The summed E-state index contributed by atoms with van der Waals surface area (Å²) in [7, 11) is 1.30. The minimum absolute atomic E-state index is 0.00206. The van der Waals surface area contributed by atoms with Crippen molar-refractivity contribution in [2.45, 2.75) is 19.8 Å². The Balaban J connectivity index is 2.86. The van der Waals surface area contributed by atoms with E-state index in [0.29, 0.717) is 5.46 Å². The molecular formula is C11H13B2F3N2O3. The van der Waals surface area contributed by atoms with E-state index in [-0.39, 0.29) is 23.2 Å². The molecule has 0 aliphatic heterocycles. The molecule has 0 radical (unpaired) electrons. The average molecular weight is 300 g/mol. The predicted molar refractivity (Wildman–Crippen MR) is 73.3 cm³/mol. The Hall–Kier alpha value is -1.54. The van der Waals surface area contributed by atoms with Gasteiger partial charge in [-0.2, -0.15) is 13.2 Å². The van der Waals surface area contributed by atoms with Crippen LogP contribution in [0.3, 0.4) is 0 Å². The second-order valence-electron chi connectivity index (χ2n) is 4.84. The van der Waals surface area contributed by atoms with Crippen molar-refractivity contribution in [3.63, 3.8) is 0 Å². The number of nitrogens with zero attached hydrogens (tertiary/aromatic N) is 2. The van der Waals surface area contributed by atoms with Crippen molar-refractivity contribution in [2.75, 3.05) is 14.2 Å². The zero-order valence-electron chi connectivity index (χ0n) is 12.0. The van der Waals surface area contributed by atoms with E-state index in [2.05, 4.69) is 14.9 Å². The highest BCUT2D eigenvalue weighted by Gasteiger charge is 2.41. The molecule has 0 saturated heterocycles. The standard InChI is InChI=1S/C11H13B2F3N2O3/c1-12(2)7-5-6(11(14,15)16)8(13(19-3)20-4)10-9(7)17-21-18-10/h5H,1-4H3. The smallest absolute Gasteiger partial charge is 0.410 e. The van der Waals surface area contributed by atoms with Crippen LogP contribution < -0.4 is 10.9 Å². The SMILES string of the molecule is COB(OC)c1c(C(F)(F)F)cc(B(C)C)c2nonc12. The number of aromatic nitrogens is 2. The maximum absolute atomic E-state index is 13.4. The van der Waals surface area contributed by atoms with Gasteiger partial charge in [-0.25, -0.2) is 4.63 Å². The van der Waals surface area contributed by atoms with Crippen molar-refractivity contribution in [2.24, 2.45) is 0 Å². The van der Waals surface area contributed by atoms with E-state index >= 15 is 0 Å². The van der Waals surface area contributed by atoms with Crippen LogP contribution in [0.4, 0.5) is 13.2 Å². The molecule has 0 unspecified atom stereocenters. The lowest BCUT2D eigenvalue weighted by Gasteiger charge is -2.18. The second-order valence-corrected chi connectivity index (χ2v) is 4.84. The van der Waals surface area contributed by atoms with Crippen LogP contribution in [0.15, 0.2) is 10.7 Å². The number of hydrogen-bond donors (Lipinski definition) is 0. The third-order valence-corrected chi connectivity index (χ3v) is 3.20. The van der Waals surface area contributed by atoms with Gasteiger partial charge in [0.1, 0.15) is 11.0 Å². The Morgan fingerprint density at radius 1 is 1.10 bits per heavy atom. The van der Waals surface area contributed by atoms with Gasteiger partial charge in [0.25, 0.3) is 0 Å². The fraction of sp³-hybridized carbons (Fsp3) is 0.455. The van der Waals surface area contributed by atoms with Crippen molar-refractivity contribution in [3.05, 3.63) is 11.6 Å². The molecule has 0 aliphatic rings. The Morgan fingerprint density at radius 3 is 2.14 bits per heavy atom. The largest absolute Gasteiger partial charge is 0.496 e. The van der Waals surface area contributed by atoms with Crippen LogP contribution in [0.25, 0.3) is 11.0 Å². The highest BCUT2D eigenvalue weighted by Crippen LogP contribution is 2.29. The van der Waals surface area contributed by atoms with Gasteiger partial charge in [-0.05, 0) is 5.46 Å². The molecular weight excluding hydrogens is 287 g/mol. The number of fused-ring (bicyclic) bond motifs is 1. The van der Waals surface area contributed by atoms with E-state index in [1.807, 2.05) is 0 Å². The Kier molecular flexibility index (Phi) is 4.29. The number of rotatable bonds is 4. The topological polar surface area (TPSA) is 57.4 Å². The minimum atomic E-state index is -4.57. The number of benzene rings is 1. The lowest BCUT2D eigenvalue weighted by Crippen LogP contribution is -2.42. The molecule has 0 bridgehead atoms. The fourth-order valence-corrected chi connectivity index (χ4v) is 2.23. The summed E-state index contributed by atoms with van der Waals surface area (Å²) in [6.45, 7) is 3.37. The molecule has 1 aromatic heterocycles. The number of halogens is 3. The molecule has 10 heteroatoms. The summed E-state index contributed by atoms with van der Waals surface area (Å²) in [5, 5.41) is 7.32. The van der Waals surface area contributed by atoms with Gasteiger partial charge in [-0.15, -0.1) is 0 Å². The van der Waals surface area contributed by atoms with Gasteiger partial charge in [0.05, 0.1) is 5.56 Å². The first-order chi connectivity index (χ1) is 9.81. The highest BCUT2D eigenvalue weighted by atomic mass is 19.4. The van der Waals surface area contributed by atoms with Gasteiger partial charge < -0.3 is 9.31 Å². The van der Waals surface area contributed by atoms with Crippen LogP contribution in [0, 0.1) is 0 Å². The molecule has 0 saturated carbocycles. The zero-order chi connectivity index (χ0) is 15.8. The quantitative estimate of drug-likeness (QED) is 0.794. The van der Waals surface area contributed by atoms with Crippen LogP contribution in [0.5, 0.6) is 0 Å². The van der Waals surface area contributed by atoms with Gasteiger partial charge in [0.2, 0.25) is 0 Å². The summed E-state index contributed by atoms with van der Waals surface area (Å²) in [5.74, 6) is 0. The van der Waals surface area contributed by atoms with E-state index in [1.165, 1.54) is 14.2 Å². The normalized spacial score (nSPS) is 12.0. The molecule has 0 fully saturated rings. The van der Waals surface area contributed by atoms with Crippen LogP contribution in [0.1, 0.15) is 5.56 Å². The lowest BCUT2D eigenvalue weighted by molar-refractivity contribution is -0.136. The Morgan fingerprint density at radius 2 is 1.67 bits per heavy atom. The maximum Gasteiger partial charge on any atom is 0.496 e. The summed E-state index contributed by atoms with van der Waals surface area (Å²) in [5.41, 5.74) is -0.390. The van der Waals surface area contributed by atoms with E-state index in [1.54, 1.807) is 13.6 Å². The molecule has 2 aromatic rings. The lowest BCUT2D eigenvalue weighted by atomic mass is 9.48. The molecule has 5 nitrogen and oxygen atoms in total. The molecule has 0 N–H and O–H groups in total. The van der Waals surface area contributed by atoms with E-state index < -0.39 is 18.9 Å². The first kappa shape index (κ1) is 15.8. The number of hydrogen-bond acceptors (Lipinski definition) is 5. The van der Waals surface area contributed by atoms with Crippen LogP contribution in [0.2, 0.25) is 13.6 Å². The maximum atomic E-state index is 13.4. The summed E-state index contributed by atoms with van der Waals surface area (Å²) in [6, 6.07) is 1.05. The summed E-state index contributed by atoms with van der Waals surface area (Å²) < 4.78 is 54.7. The average Bonchev–Trinajstić information content (AvgIpc) is 2.87. The van der Waals surface area contributed by atoms with Crippen molar-refractivity contribution in [1.29, 1.82) is 0 Å². The monoisotopic (exact) mass is 300 g/mol. The van der Waals surface area contributed by atoms with Gasteiger partial charge in [0.15, 0.2) is 6.71 Å². The highest BCUT2D eigenvalue weighted by molar-refractivity contribution is 6.74. The molecule has 0 amide bonds. The number of alkyl halides is 3. The van der Waals surface area contributed by atoms with Crippen LogP contribution in [-0.2, 0) is 15.5 Å². The van der Waals surface area contributed by atoms with E-state index in [9.17, 15) is 13.2 Å². The van der Waals surface area contributed by atoms with Gasteiger partial charge in [-0.3, -0.25) is 0 Å². The van der Waals surface area contributed by atoms with Crippen LogP contribution >= 0.6 is 0 Å². The molecule has 0 atom stereocenters. The minimum Gasteiger partial charge on any atom is -0.410 e. The Bertz CT molecular complexity index is 641. The van der Waals surface area contributed by atoms with Crippen molar-refractivity contribution < 1.29 is 27.1 Å². The molecule has 2 rings (SSSR count). The first-order valence-electron chi connectivity index (χ1n) is 6.23. The molecule has 112 valence electrons. The first-order valence-corrected chi connectivity index (χ1v) is 6.23. The van der Waals surface area contributed by atoms with Gasteiger partial charge in [-0.1, -0.05) is 30.0 Å². The second kappa shape index (κ2) is 5.69. The molecule has 1 heterocycles. The summed E-state index contributed by atoms with van der Waals surface area (Å²) in [6.07, 6.45) is -4.57. The van der Waals surface area contributed by atoms with Gasteiger partial charge in [0, 0.05) is 19.7 Å². The Labute approximate surface area is 120 Å².